The van der Waals surface area contributed by atoms with Crippen LogP contribution in [0.5, 0.6) is 5.75 Å². The molecule has 1 N–H and O–H groups in total. The third-order valence-corrected chi connectivity index (χ3v) is 4.59. The molecule has 0 unspecified atom stereocenters. The number of nitrogens with zero attached hydrogens (tertiary/aromatic N) is 1. The first-order valence-electron chi connectivity index (χ1n) is 7.58. The zero-order chi connectivity index (χ0) is 16.2. The van der Waals surface area contributed by atoms with E-state index < -0.39 is 11.4 Å². The Morgan fingerprint density at radius 1 is 1.32 bits per heavy atom. The summed E-state index contributed by atoms with van der Waals surface area (Å²) < 4.78 is 5.30. The van der Waals surface area contributed by atoms with E-state index in [-0.39, 0.29) is 12.3 Å². The second kappa shape index (κ2) is 6.81. The number of carbonyl (C=O) groups excluding carboxylic acids is 1. The second-order valence-electron chi connectivity index (χ2n) is 5.99. The molecule has 1 saturated carbocycles. The normalized spacial score (nSPS) is 15.7. The number of benzene rings is 1. The van der Waals surface area contributed by atoms with Crippen LogP contribution in [-0.4, -0.2) is 42.6 Å². The molecule has 5 nitrogen and oxygen atoms in total. The zero-order valence-corrected chi connectivity index (χ0v) is 13.2. The number of likely N-dealkylation sites (N-methyl/N-ethyl adjacent to an activating group) is 1. The highest BCUT2D eigenvalue weighted by Gasteiger charge is 2.46. The predicted octanol–water partition coefficient (Wildman–Crippen LogP) is 2.34. The lowest BCUT2D eigenvalue weighted by Gasteiger charge is -2.38. The molecule has 22 heavy (non-hydrogen) atoms. The Bertz CT molecular complexity index is 551. The summed E-state index contributed by atoms with van der Waals surface area (Å²) in [6.45, 7) is 0.551. The fourth-order valence-electron chi connectivity index (χ4n) is 2.82. The van der Waals surface area contributed by atoms with Gasteiger partial charge >= 0.3 is 5.97 Å². The van der Waals surface area contributed by atoms with Crippen LogP contribution in [0.3, 0.4) is 0 Å². The molecule has 1 fully saturated rings. The molecular formula is C17H23NO4. The summed E-state index contributed by atoms with van der Waals surface area (Å²) >= 11 is 0. The molecule has 0 aliphatic heterocycles. The van der Waals surface area contributed by atoms with Crippen LogP contribution in [0.15, 0.2) is 24.3 Å². The number of para-hydroxylation sites is 1. The van der Waals surface area contributed by atoms with E-state index >= 15 is 0 Å². The molecule has 1 aliphatic rings. The monoisotopic (exact) mass is 305 g/mol. The van der Waals surface area contributed by atoms with Crippen LogP contribution >= 0.6 is 0 Å². The average molecular weight is 305 g/mol. The number of carbonyl (C=O) groups is 2. The fraction of sp³-hybridized carbons (Fsp3) is 0.529. The minimum atomic E-state index is -0.842. The van der Waals surface area contributed by atoms with Gasteiger partial charge in [-0.05, 0) is 30.9 Å². The zero-order valence-electron chi connectivity index (χ0n) is 13.2. The average Bonchev–Trinajstić information content (AvgIpc) is 2.48. The van der Waals surface area contributed by atoms with Crippen LogP contribution in [-0.2, 0) is 16.0 Å². The topological polar surface area (TPSA) is 66.8 Å². The Labute approximate surface area is 130 Å². The maximum absolute atomic E-state index is 12.3. The number of aliphatic carboxylic acids is 1. The molecule has 0 atom stereocenters. The number of hydrogen-bond acceptors (Lipinski definition) is 3. The van der Waals surface area contributed by atoms with Gasteiger partial charge in [-0.3, -0.25) is 9.59 Å². The van der Waals surface area contributed by atoms with E-state index in [2.05, 4.69) is 0 Å². The smallest absolute Gasteiger partial charge is 0.310 e. The molecule has 5 heteroatoms. The maximum Gasteiger partial charge on any atom is 0.310 e. The molecule has 0 aromatic heterocycles. The van der Waals surface area contributed by atoms with E-state index in [9.17, 15) is 14.7 Å². The minimum absolute atomic E-state index is 0.100. The Balaban J connectivity index is 1.90. The third-order valence-electron chi connectivity index (χ3n) is 4.59. The number of amides is 1. The lowest BCUT2D eigenvalue weighted by Crippen LogP contribution is -2.43. The summed E-state index contributed by atoms with van der Waals surface area (Å²) in [7, 11) is 3.35. The SMILES string of the molecule is COc1ccccc1CCN(C)C(=O)CC1(C(=O)O)CCC1. The number of rotatable bonds is 7. The Morgan fingerprint density at radius 2 is 2.00 bits per heavy atom. The quantitative estimate of drug-likeness (QED) is 0.839. The number of methoxy groups -OCH3 is 1. The van der Waals surface area contributed by atoms with E-state index in [0.29, 0.717) is 25.8 Å². The Kier molecular flexibility index (Phi) is 5.06. The van der Waals surface area contributed by atoms with Crippen LogP contribution < -0.4 is 4.74 Å². The molecule has 0 bridgehead atoms. The summed E-state index contributed by atoms with van der Waals surface area (Å²) in [5.74, 6) is -0.133. The van der Waals surface area contributed by atoms with Crippen molar-refractivity contribution in [2.24, 2.45) is 5.41 Å². The first-order valence-corrected chi connectivity index (χ1v) is 7.58. The van der Waals surface area contributed by atoms with Gasteiger partial charge in [0, 0.05) is 20.0 Å². The van der Waals surface area contributed by atoms with Crippen molar-refractivity contribution in [2.45, 2.75) is 32.1 Å². The number of carboxylic acids is 1. The molecule has 0 saturated heterocycles. The Morgan fingerprint density at radius 3 is 2.55 bits per heavy atom. The molecule has 1 amide bonds. The molecule has 0 spiro atoms. The number of hydrogen-bond donors (Lipinski definition) is 1. The van der Waals surface area contributed by atoms with Gasteiger partial charge in [-0.1, -0.05) is 24.6 Å². The maximum atomic E-state index is 12.3. The predicted molar refractivity (Wildman–Crippen MR) is 82.9 cm³/mol. The van der Waals surface area contributed by atoms with Crippen molar-refractivity contribution in [3.05, 3.63) is 29.8 Å². The van der Waals surface area contributed by atoms with Gasteiger partial charge in [0.1, 0.15) is 5.75 Å². The summed E-state index contributed by atoms with van der Waals surface area (Å²) in [6.07, 6.45) is 2.89. The van der Waals surface area contributed by atoms with Gasteiger partial charge in [-0.15, -0.1) is 0 Å². The first kappa shape index (κ1) is 16.3. The molecule has 0 radical (unpaired) electrons. The summed E-state index contributed by atoms with van der Waals surface area (Å²) in [5.41, 5.74) is 0.219. The number of carboxylic acid groups (broad SMARTS) is 1. The third kappa shape index (κ3) is 3.40. The summed E-state index contributed by atoms with van der Waals surface area (Å²) in [5, 5.41) is 9.30. The van der Waals surface area contributed by atoms with Crippen molar-refractivity contribution < 1.29 is 19.4 Å². The second-order valence-corrected chi connectivity index (χ2v) is 5.99. The number of ether oxygens (including phenoxy) is 1. The van der Waals surface area contributed by atoms with Gasteiger partial charge in [0.2, 0.25) is 5.91 Å². The molecular weight excluding hydrogens is 282 g/mol. The van der Waals surface area contributed by atoms with Crippen LogP contribution in [0.2, 0.25) is 0 Å². The van der Waals surface area contributed by atoms with Gasteiger partial charge in [0.15, 0.2) is 0 Å². The summed E-state index contributed by atoms with van der Waals surface area (Å²) in [6, 6.07) is 7.71. The van der Waals surface area contributed by atoms with Gasteiger partial charge < -0.3 is 14.7 Å². The van der Waals surface area contributed by atoms with E-state index in [1.54, 1.807) is 19.1 Å². The van der Waals surface area contributed by atoms with Crippen LogP contribution in [0.4, 0.5) is 0 Å². The molecule has 1 aromatic rings. The van der Waals surface area contributed by atoms with Crippen LogP contribution in [0.25, 0.3) is 0 Å². The van der Waals surface area contributed by atoms with Crippen molar-refractivity contribution in [3.63, 3.8) is 0 Å². The van der Waals surface area contributed by atoms with Gasteiger partial charge in [0.05, 0.1) is 12.5 Å². The van der Waals surface area contributed by atoms with Crippen LogP contribution in [0, 0.1) is 5.41 Å². The largest absolute Gasteiger partial charge is 0.496 e. The minimum Gasteiger partial charge on any atom is -0.496 e. The molecule has 1 aliphatic carbocycles. The van der Waals surface area contributed by atoms with E-state index in [1.165, 1.54) is 0 Å². The Hall–Kier alpha value is -2.04. The molecule has 0 heterocycles. The molecule has 1 aromatic carbocycles. The molecule has 2 rings (SSSR count). The standard InChI is InChI=1S/C17H23NO4/c1-18(11-8-13-6-3-4-7-14(13)22-2)15(19)12-17(16(20)21)9-5-10-17/h3-4,6-7H,5,8-12H2,1-2H3,(H,20,21). The highest BCUT2D eigenvalue weighted by molar-refractivity contribution is 5.85. The highest BCUT2D eigenvalue weighted by atomic mass is 16.5. The van der Waals surface area contributed by atoms with Crippen molar-refractivity contribution in [3.8, 4) is 5.75 Å². The molecule has 120 valence electrons. The van der Waals surface area contributed by atoms with Gasteiger partial charge in [-0.2, -0.15) is 0 Å². The van der Waals surface area contributed by atoms with Crippen LogP contribution in [0.1, 0.15) is 31.2 Å². The van der Waals surface area contributed by atoms with Crippen molar-refractivity contribution in [1.29, 1.82) is 0 Å². The first-order chi connectivity index (χ1) is 10.5. The van der Waals surface area contributed by atoms with E-state index in [1.807, 2.05) is 24.3 Å². The van der Waals surface area contributed by atoms with Crippen molar-refractivity contribution in [2.75, 3.05) is 20.7 Å². The van der Waals surface area contributed by atoms with Gasteiger partial charge in [0.25, 0.3) is 0 Å². The van der Waals surface area contributed by atoms with Gasteiger partial charge in [-0.25, -0.2) is 0 Å². The van der Waals surface area contributed by atoms with E-state index in [0.717, 1.165) is 17.7 Å². The lowest BCUT2D eigenvalue weighted by molar-refractivity contribution is -0.159. The fourth-order valence-corrected chi connectivity index (χ4v) is 2.82. The highest BCUT2D eigenvalue weighted by Crippen LogP contribution is 2.44. The van der Waals surface area contributed by atoms with Crippen molar-refractivity contribution in [1.82, 2.24) is 4.90 Å². The van der Waals surface area contributed by atoms with E-state index in [4.69, 9.17) is 4.74 Å². The lowest BCUT2D eigenvalue weighted by atomic mass is 9.66. The summed E-state index contributed by atoms with van der Waals surface area (Å²) in [4.78, 5) is 25.2. The van der Waals surface area contributed by atoms with Crippen molar-refractivity contribution >= 4 is 11.9 Å².